The Morgan fingerprint density at radius 1 is 1.09 bits per heavy atom. The third-order valence-corrected chi connectivity index (χ3v) is 8.43. The molecular formula is C25H28ClN3O4S2. The van der Waals surface area contributed by atoms with Gasteiger partial charge in [0.25, 0.3) is 5.91 Å². The summed E-state index contributed by atoms with van der Waals surface area (Å²) in [6.07, 6.45) is 3.13. The van der Waals surface area contributed by atoms with E-state index in [2.05, 4.69) is 21.1 Å². The average molecular weight is 534 g/mol. The fourth-order valence-electron chi connectivity index (χ4n) is 4.21. The molecule has 1 aliphatic carbocycles. The second-order valence-electron chi connectivity index (χ2n) is 8.78. The van der Waals surface area contributed by atoms with E-state index in [0.29, 0.717) is 28.6 Å². The number of sulfonamides is 1. The quantitative estimate of drug-likeness (QED) is 0.424. The number of ether oxygens (including phenoxy) is 1. The first-order chi connectivity index (χ1) is 16.7. The Hall–Kier alpha value is -2.46. The third-order valence-electron chi connectivity index (χ3n) is 5.85. The summed E-state index contributed by atoms with van der Waals surface area (Å²) in [5.74, 6) is 0.447. The van der Waals surface area contributed by atoms with Crippen LogP contribution in [0.2, 0.25) is 5.02 Å². The van der Waals surface area contributed by atoms with E-state index in [4.69, 9.17) is 16.3 Å². The van der Waals surface area contributed by atoms with Gasteiger partial charge in [0.2, 0.25) is 10.0 Å². The molecule has 0 radical (unpaired) electrons. The summed E-state index contributed by atoms with van der Waals surface area (Å²) < 4.78 is 34.3. The highest BCUT2D eigenvalue weighted by Crippen LogP contribution is 2.23. The van der Waals surface area contributed by atoms with Crippen molar-refractivity contribution in [3.8, 4) is 5.75 Å². The Kier molecular flexibility index (Phi) is 8.11. The minimum absolute atomic E-state index is 0.144. The van der Waals surface area contributed by atoms with Gasteiger partial charge in [-0.25, -0.2) is 18.1 Å². The molecule has 2 aromatic carbocycles. The van der Waals surface area contributed by atoms with E-state index in [1.54, 1.807) is 17.5 Å². The molecule has 10 heteroatoms. The van der Waals surface area contributed by atoms with E-state index in [0.717, 1.165) is 29.7 Å². The number of aryl methyl sites for hydroxylation is 2. The van der Waals surface area contributed by atoms with Crippen molar-refractivity contribution in [3.05, 3.63) is 74.7 Å². The first kappa shape index (κ1) is 25.6. The molecule has 2 N–H and O–H groups in total. The molecule has 4 rings (SSSR count). The van der Waals surface area contributed by atoms with Crippen LogP contribution in [0.25, 0.3) is 0 Å². The summed E-state index contributed by atoms with van der Waals surface area (Å²) in [5, 5.41) is 5.85. The van der Waals surface area contributed by atoms with Crippen LogP contribution in [0.15, 0.2) is 52.7 Å². The largest absolute Gasteiger partial charge is 0.486 e. The van der Waals surface area contributed by atoms with Crippen LogP contribution >= 0.6 is 22.9 Å². The summed E-state index contributed by atoms with van der Waals surface area (Å²) in [6, 6.07) is 11.3. The Balaban J connectivity index is 1.38. The van der Waals surface area contributed by atoms with E-state index < -0.39 is 16.1 Å². The maximum absolute atomic E-state index is 12.9. The summed E-state index contributed by atoms with van der Waals surface area (Å²) >= 11 is 7.24. The van der Waals surface area contributed by atoms with Crippen molar-refractivity contribution in [2.24, 2.45) is 0 Å². The molecule has 2 unspecified atom stereocenters. The number of halogens is 1. The monoisotopic (exact) mass is 533 g/mol. The van der Waals surface area contributed by atoms with Gasteiger partial charge >= 0.3 is 0 Å². The van der Waals surface area contributed by atoms with Crippen LogP contribution in [0, 0.1) is 13.8 Å². The van der Waals surface area contributed by atoms with Crippen molar-refractivity contribution in [1.82, 2.24) is 15.0 Å². The number of nitrogens with one attached hydrogen (secondary N) is 2. The predicted molar refractivity (Wildman–Crippen MR) is 138 cm³/mol. The third kappa shape index (κ3) is 6.82. The molecule has 1 amide bonds. The summed E-state index contributed by atoms with van der Waals surface area (Å²) in [4.78, 5) is 17.5. The second-order valence-corrected chi connectivity index (χ2v) is 11.9. The molecule has 2 atom stereocenters. The average Bonchev–Trinajstić information content (AvgIpc) is 3.28. The number of hydrogen-bond donors (Lipinski definition) is 2. The molecule has 7 nitrogen and oxygen atoms in total. The number of benzene rings is 2. The molecule has 0 saturated heterocycles. The maximum atomic E-state index is 12.9. The highest BCUT2D eigenvalue weighted by Gasteiger charge is 2.31. The Bertz CT molecular complexity index is 1270. The van der Waals surface area contributed by atoms with Crippen LogP contribution in [0.5, 0.6) is 5.75 Å². The van der Waals surface area contributed by atoms with Gasteiger partial charge in [-0.2, -0.15) is 0 Å². The number of amides is 1. The normalized spacial score (nSPS) is 18.3. The highest BCUT2D eigenvalue weighted by molar-refractivity contribution is 7.89. The molecule has 1 heterocycles. The Morgan fingerprint density at radius 3 is 2.43 bits per heavy atom. The van der Waals surface area contributed by atoms with Gasteiger partial charge in [0.1, 0.15) is 23.1 Å². The second kappa shape index (κ2) is 11.1. The van der Waals surface area contributed by atoms with Crippen LogP contribution in [-0.2, 0) is 16.6 Å². The molecule has 1 fully saturated rings. The zero-order valence-corrected chi connectivity index (χ0v) is 22.0. The van der Waals surface area contributed by atoms with Crippen LogP contribution in [-0.4, -0.2) is 31.4 Å². The van der Waals surface area contributed by atoms with Gasteiger partial charge in [-0.05, 0) is 74.2 Å². The van der Waals surface area contributed by atoms with Crippen LogP contribution < -0.4 is 14.8 Å². The number of hydrogen-bond acceptors (Lipinski definition) is 6. The van der Waals surface area contributed by atoms with Gasteiger partial charge in [-0.3, -0.25) is 4.79 Å². The minimum atomic E-state index is -3.74. The van der Waals surface area contributed by atoms with Gasteiger partial charge in [-0.15, -0.1) is 11.3 Å². The number of aromatic nitrogens is 1. The lowest BCUT2D eigenvalue weighted by Gasteiger charge is -2.32. The molecule has 0 spiro atoms. The number of thiazole rings is 1. The van der Waals surface area contributed by atoms with Gasteiger partial charge in [0.05, 0.1) is 4.90 Å². The molecule has 1 aromatic heterocycles. The molecule has 1 aliphatic rings. The van der Waals surface area contributed by atoms with Gasteiger partial charge in [-0.1, -0.05) is 30.5 Å². The van der Waals surface area contributed by atoms with E-state index in [-0.39, 0.29) is 23.5 Å². The van der Waals surface area contributed by atoms with E-state index in [1.165, 1.54) is 23.5 Å². The standard InChI is InChI=1S/C25H28ClN3O4S2/c1-16-11-17(2)13-19(12-16)33-14-24-27-23(15-34-24)25(30)28-21-5-3-4-6-22(21)29-35(31,32)20-9-7-18(26)8-10-20/h7-13,15,21-22,29H,3-6,14H2,1-2H3,(H,28,30). The number of carbonyl (C=O) groups is 1. The highest BCUT2D eigenvalue weighted by atomic mass is 35.5. The van der Waals surface area contributed by atoms with Gasteiger partial charge < -0.3 is 10.1 Å². The van der Waals surface area contributed by atoms with Crippen LogP contribution in [0.3, 0.4) is 0 Å². The van der Waals surface area contributed by atoms with Crippen molar-refractivity contribution in [3.63, 3.8) is 0 Å². The molecule has 186 valence electrons. The molecule has 0 aliphatic heterocycles. The van der Waals surface area contributed by atoms with E-state index >= 15 is 0 Å². The van der Waals surface area contributed by atoms with Gasteiger partial charge in [0.15, 0.2) is 0 Å². The summed E-state index contributed by atoms with van der Waals surface area (Å²) in [7, 11) is -3.74. The number of carbonyl (C=O) groups excluding carboxylic acids is 1. The van der Waals surface area contributed by atoms with Gasteiger partial charge in [0, 0.05) is 22.5 Å². The maximum Gasteiger partial charge on any atom is 0.271 e. The van der Waals surface area contributed by atoms with Crippen molar-refractivity contribution < 1.29 is 17.9 Å². The lowest BCUT2D eigenvalue weighted by Crippen LogP contribution is -2.53. The van der Waals surface area contributed by atoms with E-state index in [1.807, 2.05) is 26.0 Å². The number of rotatable bonds is 8. The zero-order chi connectivity index (χ0) is 25.0. The SMILES string of the molecule is Cc1cc(C)cc(OCc2nc(C(=O)NC3CCCCC3NS(=O)(=O)c3ccc(Cl)cc3)cs2)c1. The summed E-state index contributed by atoms with van der Waals surface area (Å²) in [6.45, 7) is 4.30. The first-order valence-electron chi connectivity index (χ1n) is 11.4. The lowest BCUT2D eigenvalue weighted by atomic mass is 9.91. The number of nitrogens with zero attached hydrogens (tertiary/aromatic N) is 1. The molecule has 1 saturated carbocycles. The van der Waals surface area contributed by atoms with Crippen molar-refractivity contribution >= 4 is 38.9 Å². The smallest absolute Gasteiger partial charge is 0.271 e. The molecule has 0 bridgehead atoms. The molecule has 3 aromatic rings. The summed E-state index contributed by atoms with van der Waals surface area (Å²) in [5.41, 5.74) is 2.54. The van der Waals surface area contributed by atoms with Crippen LogP contribution in [0.4, 0.5) is 0 Å². The predicted octanol–water partition coefficient (Wildman–Crippen LogP) is 5.01. The van der Waals surface area contributed by atoms with Crippen molar-refractivity contribution in [2.75, 3.05) is 0 Å². The fraction of sp³-hybridized carbons (Fsp3) is 0.360. The zero-order valence-electron chi connectivity index (χ0n) is 19.6. The van der Waals surface area contributed by atoms with Crippen molar-refractivity contribution in [1.29, 1.82) is 0 Å². The Morgan fingerprint density at radius 2 is 1.74 bits per heavy atom. The van der Waals surface area contributed by atoms with E-state index in [9.17, 15) is 13.2 Å². The minimum Gasteiger partial charge on any atom is -0.486 e. The molecular weight excluding hydrogens is 506 g/mol. The lowest BCUT2D eigenvalue weighted by molar-refractivity contribution is 0.0914. The first-order valence-corrected chi connectivity index (χ1v) is 14.2. The molecule has 35 heavy (non-hydrogen) atoms. The topological polar surface area (TPSA) is 97.4 Å². The Labute approximate surface area is 214 Å². The fourth-order valence-corrected chi connectivity index (χ4v) is 6.33. The van der Waals surface area contributed by atoms with Crippen molar-refractivity contribution in [2.45, 2.75) is 63.1 Å². The van der Waals surface area contributed by atoms with Crippen LogP contribution in [0.1, 0.15) is 52.3 Å².